The molecule has 4 nitrogen and oxygen atoms in total. The van der Waals surface area contributed by atoms with E-state index in [0.717, 1.165) is 37.8 Å². The van der Waals surface area contributed by atoms with E-state index in [4.69, 9.17) is 9.47 Å². The molecular formula is C23H40O4. The average Bonchev–Trinajstić information content (AvgIpc) is 2.67. The summed E-state index contributed by atoms with van der Waals surface area (Å²) < 4.78 is 10.0. The third-order valence-corrected chi connectivity index (χ3v) is 4.39. The second-order valence-corrected chi connectivity index (χ2v) is 6.99. The molecule has 0 aromatic rings. The van der Waals surface area contributed by atoms with Crippen LogP contribution < -0.4 is 0 Å². The van der Waals surface area contributed by atoms with E-state index in [0.29, 0.717) is 13.2 Å². The molecule has 0 saturated carbocycles. The van der Waals surface area contributed by atoms with Crippen molar-refractivity contribution in [1.29, 1.82) is 0 Å². The predicted octanol–water partition coefficient (Wildman–Crippen LogP) is 6.30. The molecule has 27 heavy (non-hydrogen) atoms. The molecule has 0 N–H and O–H groups in total. The summed E-state index contributed by atoms with van der Waals surface area (Å²) in [5, 5.41) is 0. The molecule has 0 unspecified atom stereocenters. The molecule has 0 amide bonds. The quantitative estimate of drug-likeness (QED) is 0.114. The lowest BCUT2D eigenvalue weighted by Crippen LogP contribution is -2.06. The first kappa shape index (κ1) is 25.4. The zero-order chi connectivity index (χ0) is 20.0. The van der Waals surface area contributed by atoms with Gasteiger partial charge in [-0.1, -0.05) is 83.6 Å². The van der Waals surface area contributed by atoms with Crippen molar-refractivity contribution < 1.29 is 19.1 Å². The molecule has 156 valence electrons. The van der Waals surface area contributed by atoms with Crippen molar-refractivity contribution in [3.63, 3.8) is 0 Å². The number of carbonyl (C=O) groups is 2. The Kier molecular flexibility index (Phi) is 19.5. The molecule has 0 heterocycles. The first-order valence-electron chi connectivity index (χ1n) is 10.8. The Morgan fingerprint density at radius 3 is 1.52 bits per heavy atom. The summed E-state index contributed by atoms with van der Waals surface area (Å²) in [6.45, 7) is 6.60. The third-order valence-electron chi connectivity index (χ3n) is 4.39. The molecule has 0 rings (SSSR count). The highest BCUT2D eigenvalue weighted by Gasteiger charge is 2.01. The van der Waals surface area contributed by atoms with Gasteiger partial charge in [-0.3, -0.25) is 0 Å². The first-order chi connectivity index (χ1) is 13.2. The fraction of sp³-hybridized carbons (Fsp3) is 0.739. The SMILES string of the molecule is C=CCCCOC(=O)/C=C/C(=O)OCCCCCCCCCCCCCC. The van der Waals surface area contributed by atoms with Crippen LogP contribution in [0.2, 0.25) is 0 Å². The second kappa shape index (κ2) is 20.7. The van der Waals surface area contributed by atoms with Crippen molar-refractivity contribution in [3.05, 3.63) is 24.8 Å². The van der Waals surface area contributed by atoms with Crippen LogP contribution in [0.25, 0.3) is 0 Å². The molecular weight excluding hydrogens is 340 g/mol. The van der Waals surface area contributed by atoms with E-state index in [1.54, 1.807) is 6.08 Å². The fourth-order valence-electron chi connectivity index (χ4n) is 2.75. The lowest BCUT2D eigenvalue weighted by Gasteiger charge is -2.04. The average molecular weight is 381 g/mol. The number of carbonyl (C=O) groups excluding carboxylic acids is 2. The zero-order valence-electron chi connectivity index (χ0n) is 17.4. The van der Waals surface area contributed by atoms with E-state index >= 15 is 0 Å². The Balaban J connectivity index is 3.36. The van der Waals surface area contributed by atoms with E-state index in [9.17, 15) is 9.59 Å². The summed E-state index contributed by atoms with van der Waals surface area (Å²) in [5.74, 6) is -0.998. The Bertz CT molecular complexity index is 401. The highest BCUT2D eigenvalue weighted by atomic mass is 16.5. The minimum absolute atomic E-state index is 0.336. The molecule has 0 atom stereocenters. The largest absolute Gasteiger partial charge is 0.463 e. The van der Waals surface area contributed by atoms with Crippen LogP contribution in [0.3, 0.4) is 0 Å². The molecule has 0 aliphatic heterocycles. The monoisotopic (exact) mass is 380 g/mol. The summed E-state index contributed by atoms with van der Waals surface area (Å²) in [6.07, 6.45) is 20.9. The van der Waals surface area contributed by atoms with E-state index in [1.807, 2.05) is 0 Å². The van der Waals surface area contributed by atoms with Gasteiger partial charge in [0.25, 0.3) is 0 Å². The van der Waals surface area contributed by atoms with Crippen molar-refractivity contribution in [3.8, 4) is 0 Å². The van der Waals surface area contributed by atoms with Gasteiger partial charge in [0.1, 0.15) is 0 Å². The number of allylic oxidation sites excluding steroid dienone is 1. The predicted molar refractivity (Wildman–Crippen MR) is 112 cm³/mol. The molecule has 0 spiro atoms. The van der Waals surface area contributed by atoms with E-state index < -0.39 is 11.9 Å². The van der Waals surface area contributed by atoms with Gasteiger partial charge in [0.05, 0.1) is 13.2 Å². The summed E-state index contributed by atoms with van der Waals surface area (Å²) in [7, 11) is 0. The smallest absolute Gasteiger partial charge is 0.331 e. The summed E-state index contributed by atoms with van der Waals surface area (Å²) in [6, 6.07) is 0. The Morgan fingerprint density at radius 2 is 1.07 bits per heavy atom. The normalized spacial score (nSPS) is 10.9. The lowest BCUT2D eigenvalue weighted by atomic mass is 10.1. The summed E-state index contributed by atoms with van der Waals surface area (Å²) in [4.78, 5) is 22.9. The number of esters is 2. The van der Waals surface area contributed by atoms with Gasteiger partial charge >= 0.3 is 11.9 Å². The number of hydrogen-bond donors (Lipinski definition) is 0. The van der Waals surface area contributed by atoms with Crippen LogP contribution in [0, 0.1) is 0 Å². The van der Waals surface area contributed by atoms with Crippen LogP contribution in [-0.2, 0) is 19.1 Å². The number of unbranched alkanes of at least 4 members (excludes halogenated alkanes) is 12. The lowest BCUT2D eigenvalue weighted by molar-refractivity contribution is -0.140. The van der Waals surface area contributed by atoms with Crippen molar-refractivity contribution in [2.45, 2.75) is 96.8 Å². The zero-order valence-corrected chi connectivity index (χ0v) is 17.4. The van der Waals surface area contributed by atoms with Gasteiger partial charge in [-0.25, -0.2) is 9.59 Å². The minimum Gasteiger partial charge on any atom is -0.463 e. The molecule has 0 bridgehead atoms. The van der Waals surface area contributed by atoms with Crippen molar-refractivity contribution >= 4 is 11.9 Å². The van der Waals surface area contributed by atoms with Gasteiger partial charge in [0, 0.05) is 12.2 Å². The van der Waals surface area contributed by atoms with Gasteiger partial charge in [0.2, 0.25) is 0 Å². The maximum atomic E-state index is 11.5. The number of ether oxygens (including phenoxy) is 2. The summed E-state index contributed by atoms with van der Waals surface area (Å²) >= 11 is 0. The molecule has 0 aliphatic carbocycles. The topological polar surface area (TPSA) is 52.6 Å². The third kappa shape index (κ3) is 20.6. The van der Waals surface area contributed by atoms with Gasteiger partial charge in [-0.15, -0.1) is 6.58 Å². The molecule has 0 saturated heterocycles. The maximum Gasteiger partial charge on any atom is 0.331 e. The maximum absolute atomic E-state index is 11.5. The van der Waals surface area contributed by atoms with Gasteiger partial charge in [-0.2, -0.15) is 0 Å². The van der Waals surface area contributed by atoms with E-state index in [2.05, 4.69) is 13.5 Å². The van der Waals surface area contributed by atoms with Crippen LogP contribution in [0.5, 0.6) is 0 Å². The second-order valence-electron chi connectivity index (χ2n) is 6.99. The van der Waals surface area contributed by atoms with Crippen LogP contribution in [0.4, 0.5) is 0 Å². The van der Waals surface area contributed by atoms with Crippen LogP contribution in [-0.4, -0.2) is 25.2 Å². The molecule has 0 radical (unpaired) electrons. The molecule has 0 fully saturated rings. The number of rotatable bonds is 19. The van der Waals surface area contributed by atoms with Crippen LogP contribution in [0.1, 0.15) is 96.8 Å². The standard InChI is InChI=1S/C23H40O4/c1-3-5-7-8-9-10-11-12-13-14-15-17-21-27-23(25)19-18-22(24)26-20-16-6-4-2/h4,18-19H,2-3,5-17,20-21H2,1H3/b19-18+. The number of hydrogen-bond acceptors (Lipinski definition) is 4. The van der Waals surface area contributed by atoms with Crippen molar-refractivity contribution in [2.24, 2.45) is 0 Å². The van der Waals surface area contributed by atoms with Crippen molar-refractivity contribution in [2.75, 3.05) is 13.2 Å². The molecule has 4 heteroatoms. The highest BCUT2D eigenvalue weighted by molar-refractivity contribution is 5.91. The van der Waals surface area contributed by atoms with Crippen molar-refractivity contribution in [1.82, 2.24) is 0 Å². The minimum atomic E-state index is -0.513. The van der Waals surface area contributed by atoms with E-state index in [-0.39, 0.29) is 0 Å². The van der Waals surface area contributed by atoms with Crippen LogP contribution >= 0.6 is 0 Å². The van der Waals surface area contributed by atoms with E-state index in [1.165, 1.54) is 64.2 Å². The molecule has 0 aromatic heterocycles. The first-order valence-corrected chi connectivity index (χ1v) is 10.8. The fourth-order valence-corrected chi connectivity index (χ4v) is 2.75. The van der Waals surface area contributed by atoms with Crippen LogP contribution in [0.15, 0.2) is 24.8 Å². The highest BCUT2D eigenvalue weighted by Crippen LogP contribution is 2.11. The molecule has 0 aliphatic rings. The van der Waals surface area contributed by atoms with Gasteiger partial charge in [-0.05, 0) is 19.3 Å². The Labute approximate surface area is 166 Å². The Hall–Kier alpha value is -1.58. The molecule has 0 aromatic carbocycles. The van der Waals surface area contributed by atoms with Gasteiger partial charge in [0.15, 0.2) is 0 Å². The summed E-state index contributed by atoms with van der Waals surface area (Å²) in [5.41, 5.74) is 0. The van der Waals surface area contributed by atoms with Gasteiger partial charge < -0.3 is 9.47 Å². The Morgan fingerprint density at radius 1 is 0.667 bits per heavy atom.